The van der Waals surface area contributed by atoms with Gasteiger partial charge in [0.2, 0.25) is 0 Å². The maximum absolute atomic E-state index is 13.4. The van der Waals surface area contributed by atoms with Crippen LogP contribution in [0.5, 0.6) is 0 Å². The molecule has 1 aliphatic heterocycles. The molecule has 5 saturated carbocycles. The van der Waals surface area contributed by atoms with E-state index in [1.54, 1.807) is 0 Å². The summed E-state index contributed by atoms with van der Waals surface area (Å²) in [5.74, 6) is 3.31. The number of imidazole rings is 1. The lowest BCUT2D eigenvalue weighted by Gasteiger charge is -2.36. The molecule has 0 aromatic carbocycles. The lowest BCUT2D eigenvalue weighted by Crippen LogP contribution is -2.49. The zero-order valence-corrected chi connectivity index (χ0v) is 18.7. The summed E-state index contributed by atoms with van der Waals surface area (Å²) in [5, 5.41) is 0. The summed E-state index contributed by atoms with van der Waals surface area (Å²) in [7, 11) is 2.19. The molecular formula is C24H29F3N6. The van der Waals surface area contributed by atoms with Crippen molar-refractivity contribution >= 4 is 5.82 Å². The third-order valence-corrected chi connectivity index (χ3v) is 9.06. The van der Waals surface area contributed by atoms with Crippen LogP contribution in [0, 0.1) is 23.7 Å². The van der Waals surface area contributed by atoms with E-state index in [1.807, 2.05) is 6.20 Å². The van der Waals surface area contributed by atoms with Crippen molar-refractivity contribution in [2.24, 2.45) is 23.7 Å². The van der Waals surface area contributed by atoms with Crippen LogP contribution in [0.2, 0.25) is 0 Å². The normalized spacial score (nSPS) is 35.6. The lowest BCUT2D eigenvalue weighted by molar-refractivity contribution is -0.137. The minimum absolute atomic E-state index is 0.164. The Hall–Kier alpha value is -2.13. The Labute approximate surface area is 191 Å². The van der Waals surface area contributed by atoms with Crippen molar-refractivity contribution < 1.29 is 13.2 Å². The topological polar surface area (TPSA) is 63.2 Å². The van der Waals surface area contributed by atoms with Gasteiger partial charge >= 0.3 is 6.18 Å². The van der Waals surface area contributed by atoms with Gasteiger partial charge in [0.25, 0.3) is 0 Å². The second kappa shape index (κ2) is 6.50. The molecular weight excluding hydrogens is 429 g/mol. The average Bonchev–Trinajstić information content (AvgIpc) is 3.69. The smallest absolute Gasteiger partial charge is 0.383 e. The fourth-order valence-corrected chi connectivity index (χ4v) is 7.10. The van der Waals surface area contributed by atoms with Crippen LogP contribution in [-0.4, -0.2) is 63.6 Å². The first-order valence-corrected chi connectivity index (χ1v) is 12.1. The molecule has 2 N–H and O–H groups in total. The van der Waals surface area contributed by atoms with Crippen LogP contribution in [0.1, 0.15) is 30.7 Å². The molecule has 2 unspecified atom stereocenters. The predicted molar refractivity (Wildman–Crippen MR) is 117 cm³/mol. The Morgan fingerprint density at radius 3 is 2.58 bits per heavy atom. The molecule has 3 heterocycles. The molecule has 2 aromatic heterocycles. The number of rotatable bonds is 5. The minimum Gasteiger partial charge on any atom is -0.383 e. The van der Waals surface area contributed by atoms with E-state index in [1.165, 1.54) is 25.5 Å². The van der Waals surface area contributed by atoms with Gasteiger partial charge in [-0.25, -0.2) is 9.97 Å². The standard InChI is InChI=1S/C24H29F3N6/c1-31-4-6-32(7-5-31)18-10-15-20-21(18)23(15,20)33-12-17(30-19(33)8-13-2-3-13)14-9-16(24(25,26)27)22(28)29-11-14/h9,11-13,15,18,20-21H,2-8,10H2,1H3,(H2,28,29)/t15-,18?,20-,21?,23-/m0/s1. The highest BCUT2D eigenvalue weighted by Crippen LogP contribution is 2.89. The van der Waals surface area contributed by atoms with E-state index in [9.17, 15) is 13.2 Å². The van der Waals surface area contributed by atoms with Crippen LogP contribution in [0.15, 0.2) is 18.5 Å². The molecule has 8 rings (SSSR count). The second-order valence-corrected chi connectivity index (χ2v) is 10.9. The minimum atomic E-state index is -4.53. The summed E-state index contributed by atoms with van der Waals surface area (Å²) in [6, 6.07) is 1.75. The average molecular weight is 459 g/mol. The van der Waals surface area contributed by atoms with Gasteiger partial charge in [0, 0.05) is 62.5 Å². The van der Waals surface area contributed by atoms with Crippen LogP contribution < -0.4 is 5.73 Å². The van der Waals surface area contributed by atoms with E-state index >= 15 is 0 Å². The Morgan fingerprint density at radius 1 is 1.15 bits per heavy atom. The molecule has 2 bridgehead atoms. The molecule has 0 radical (unpaired) electrons. The van der Waals surface area contributed by atoms with Crippen molar-refractivity contribution in [3.63, 3.8) is 0 Å². The van der Waals surface area contributed by atoms with Gasteiger partial charge in [-0.2, -0.15) is 13.2 Å². The number of alkyl halides is 3. The fraction of sp³-hybridized carbons (Fsp3) is 0.667. The molecule has 6 fully saturated rings. The highest BCUT2D eigenvalue weighted by atomic mass is 19.4. The summed E-state index contributed by atoms with van der Waals surface area (Å²) in [6.07, 6.45) is 3.52. The molecule has 1 saturated heterocycles. The van der Waals surface area contributed by atoms with Gasteiger partial charge in [0.05, 0.1) is 16.8 Å². The van der Waals surface area contributed by atoms with E-state index in [0.717, 1.165) is 50.4 Å². The van der Waals surface area contributed by atoms with E-state index in [0.29, 0.717) is 35.1 Å². The molecule has 0 spiro atoms. The summed E-state index contributed by atoms with van der Waals surface area (Å²) in [6.45, 7) is 4.52. The molecule has 9 heteroatoms. The first-order chi connectivity index (χ1) is 15.8. The van der Waals surface area contributed by atoms with Crippen molar-refractivity contribution in [2.75, 3.05) is 39.0 Å². The van der Waals surface area contributed by atoms with E-state index in [-0.39, 0.29) is 5.54 Å². The summed E-state index contributed by atoms with van der Waals surface area (Å²) in [5.41, 5.74) is 5.78. The number of nitrogens with two attached hydrogens (primary N) is 1. The van der Waals surface area contributed by atoms with E-state index in [4.69, 9.17) is 10.7 Å². The highest BCUT2D eigenvalue weighted by molar-refractivity contribution is 5.63. The first kappa shape index (κ1) is 20.3. The maximum atomic E-state index is 13.4. The van der Waals surface area contributed by atoms with Crippen molar-refractivity contribution in [2.45, 2.75) is 43.4 Å². The largest absolute Gasteiger partial charge is 0.419 e. The number of hydrogen-bond acceptors (Lipinski definition) is 5. The van der Waals surface area contributed by atoms with Gasteiger partial charge in [-0.15, -0.1) is 0 Å². The number of nitrogen functional groups attached to an aromatic ring is 1. The van der Waals surface area contributed by atoms with Crippen LogP contribution in [0.25, 0.3) is 11.3 Å². The zero-order chi connectivity index (χ0) is 22.7. The molecule has 176 valence electrons. The van der Waals surface area contributed by atoms with Crippen molar-refractivity contribution in [1.82, 2.24) is 24.3 Å². The zero-order valence-electron chi connectivity index (χ0n) is 18.7. The van der Waals surface area contributed by atoms with Crippen LogP contribution in [0.3, 0.4) is 0 Å². The summed E-state index contributed by atoms with van der Waals surface area (Å²) in [4.78, 5) is 13.8. The van der Waals surface area contributed by atoms with Crippen LogP contribution in [-0.2, 0) is 18.1 Å². The van der Waals surface area contributed by atoms with Crippen LogP contribution >= 0.6 is 0 Å². The summed E-state index contributed by atoms with van der Waals surface area (Å²) < 4.78 is 42.6. The van der Waals surface area contributed by atoms with Crippen LogP contribution in [0.4, 0.5) is 19.0 Å². The molecule has 6 aliphatic rings. The van der Waals surface area contributed by atoms with Crippen molar-refractivity contribution in [3.8, 4) is 11.3 Å². The Kier molecular flexibility index (Phi) is 3.99. The quantitative estimate of drug-likeness (QED) is 0.746. The molecule has 6 nitrogen and oxygen atoms in total. The van der Waals surface area contributed by atoms with Crippen molar-refractivity contribution in [3.05, 3.63) is 29.8 Å². The number of likely N-dealkylation sites (N-methyl/N-ethyl adjacent to an activating group) is 1. The molecule has 2 aromatic rings. The fourth-order valence-electron chi connectivity index (χ4n) is 7.10. The number of fused-ring (bicyclic) bond motifs is 1. The predicted octanol–water partition coefficient (Wildman–Crippen LogP) is 3.09. The van der Waals surface area contributed by atoms with Gasteiger partial charge in [0.15, 0.2) is 0 Å². The van der Waals surface area contributed by atoms with Gasteiger partial charge in [-0.3, -0.25) is 4.90 Å². The number of nitrogens with zero attached hydrogens (tertiary/aromatic N) is 5. The lowest BCUT2D eigenvalue weighted by atomic mass is 10.1. The Bertz CT molecular complexity index is 1110. The van der Waals surface area contributed by atoms with E-state index < -0.39 is 17.6 Å². The Morgan fingerprint density at radius 2 is 1.91 bits per heavy atom. The Balaban J connectivity index is 1.21. The van der Waals surface area contributed by atoms with Crippen molar-refractivity contribution in [1.29, 1.82) is 0 Å². The molecule has 33 heavy (non-hydrogen) atoms. The number of pyridine rings is 1. The molecule has 0 amide bonds. The maximum Gasteiger partial charge on any atom is 0.419 e. The monoisotopic (exact) mass is 458 g/mol. The SMILES string of the molecule is CN1CCN(C2C[C@H]3[C@H]4C2[C@@]43n2cc(-c3cnc(N)c(C(F)(F)F)c3)nc2CC2CC2)CC1. The second-order valence-electron chi connectivity index (χ2n) is 10.9. The number of anilines is 1. The third-order valence-electron chi connectivity index (χ3n) is 9.06. The molecule has 5 atom stereocenters. The number of aromatic nitrogens is 3. The van der Waals surface area contributed by atoms with Gasteiger partial charge < -0.3 is 15.2 Å². The molecule has 5 aliphatic carbocycles. The number of halogens is 3. The van der Waals surface area contributed by atoms with Gasteiger partial charge in [-0.05, 0) is 50.1 Å². The summed E-state index contributed by atoms with van der Waals surface area (Å²) >= 11 is 0. The number of piperazine rings is 1. The third kappa shape index (κ3) is 2.87. The number of hydrogen-bond donors (Lipinski definition) is 1. The van der Waals surface area contributed by atoms with Gasteiger partial charge in [-0.1, -0.05) is 0 Å². The van der Waals surface area contributed by atoms with Gasteiger partial charge in [0.1, 0.15) is 11.6 Å². The highest BCUT2D eigenvalue weighted by Gasteiger charge is 2.93. The first-order valence-electron chi connectivity index (χ1n) is 12.1. The van der Waals surface area contributed by atoms with E-state index in [2.05, 4.69) is 26.4 Å².